The summed E-state index contributed by atoms with van der Waals surface area (Å²) in [4.78, 5) is 10.4. The number of benzene rings is 2. The SMILES string of the molecule is O=[N+]([O-])c1ccc(NCn2nc(-c3ccc4c(c3)OCCO4)oc2=S)cc1. The van der Waals surface area contributed by atoms with Gasteiger partial charge in [-0.1, -0.05) is 0 Å². The molecular weight excluding hydrogens is 372 g/mol. The Labute approximate surface area is 158 Å². The van der Waals surface area contributed by atoms with E-state index in [1.165, 1.54) is 16.8 Å². The number of aromatic nitrogens is 2. The number of rotatable bonds is 5. The maximum Gasteiger partial charge on any atom is 0.289 e. The molecule has 0 unspecified atom stereocenters. The standard InChI is InChI=1S/C17H14N4O5S/c22-21(23)13-4-2-12(3-5-13)18-10-20-17(27)26-16(19-20)11-1-6-14-15(9-11)25-8-7-24-14/h1-6,9,18H,7-8,10H2. The van der Waals surface area contributed by atoms with E-state index in [-0.39, 0.29) is 17.2 Å². The first-order valence-electron chi connectivity index (χ1n) is 8.06. The lowest BCUT2D eigenvalue weighted by atomic mass is 10.2. The van der Waals surface area contributed by atoms with E-state index < -0.39 is 4.92 Å². The molecule has 0 atom stereocenters. The predicted molar refractivity (Wildman–Crippen MR) is 98.5 cm³/mol. The van der Waals surface area contributed by atoms with Gasteiger partial charge >= 0.3 is 0 Å². The second-order valence-corrected chi connectivity index (χ2v) is 6.02. The Balaban J connectivity index is 1.50. The van der Waals surface area contributed by atoms with Crippen molar-refractivity contribution in [2.75, 3.05) is 18.5 Å². The predicted octanol–water partition coefficient (Wildman–Crippen LogP) is 3.62. The number of hydrogen-bond donors (Lipinski definition) is 1. The number of ether oxygens (including phenoxy) is 2. The Morgan fingerprint density at radius 2 is 1.89 bits per heavy atom. The van der Waals surface area contributed by atoms with Crippen molar-refractivity contribution >= 4 is 23.6 Å². The first-order valence-corrected chi connectivity index (χ1v) is 8.47. The average Bonchev–Trinajstić information content (AvgIpc) is 3.07. The van der Waals surface area contributed by atoms with Gasteiger partial charge in [0, 0.05) is 23.4 Å². The van der Waals surface area contributed by atoms with Crippen LogP contribution in [0, 0.1) is 15.0 Å². The lowest BCUT2D eigenvalue weighted by Crippen LogP contribution is -2.15. The van der Waals surface area contributed by atoms with Crippen LogP contribution in [0.15, 0.2) is 46.9 Å². The van der Waals surface area contributed by atoms with Crippen LogP contribution in [0.1, 0.15) is 0 Å². The third-order valence-corrected chi connectivity index (χ3v) is 4.20. The molecule has 2 aromatic carbocycles. The average molecular weight is 386 g/mol. The van der Waals surface area contributed by atoms with Crippen LogP contribution >= 0.6 is 12.2 Å². The Bertz CT molecular complexity index is 1040. The first-order chi connectivity index (χ1) is 13.1. The summed E-state index contributed by atoms with van der Waals surface area (Å²) in [5.41, 5.74) is 1.45. The zero-order valence-corrected chi connectivity index (χ0v) is 14.8. The van der Waals surface area contributed by atoms with Crippen molar-refractivity contribution in [3.63, 3.8) is 0 Å². The number of nitro groups is 1. The highest BCUT2D eigenvalue weighted by molar-refractivity contribution is 7.71. The molecule has 1 N–H and O–H groups in total. The van der Waals surface area contributed by atoms with Crippen LogP contribution in [0.2, 0.25) is 0 Å². The van der Waals surface area contributed by atoms with Crippen molar-refractivity contribution in [3.8, 4) is 23.0 Å². The van der Waals surface area contributed by atoms with Crippen molar-refractivity contribution in [1.82, 2.24) is 9.78 Å². The normalized spacial score (nSPS) is 12.6. The Hall–Kier alpha value is -3.40. The molecule has 0 fully saturated rings. The van der Waals surface area contributed by atoms with E-state index in [0.717, 1.165) is 5.56 Å². The van der Waals surface area contributed by atoms with E-state index in [0.29, 0.717) is 36.3 Å². The van der Waals surface area contributed by atoms with Gasteiger partial charge in [-0.15, -0.1) is 5.10 Å². The second-order valence-electron chi connectivity index (χ2n) is 5.67. The van der Waals surface area contributed by atoms with Crippen molar-refractivity contribution in [1.29, 1.82) is 0 Å². The van der Waals surface area contributed by atoms with E-state index in [2.05, 4.69) is 10.4 Å². The molecule has 0 spiro atoms. The molecule has 4 rings (SSSR count). The third-order valence-electron chi connectivity index (χ3n) is 3.91. The van der Waals surface area contributed by atoms with Crippen LogP contribution in [0.4, 0.5) is 11.4 Å². The number of non-ortho nitro benzene ring substituents is 1. The van der Waals surface area contributed by atoms with E-state index in [1.807, 2.05) is 6.07 Å². The van der Waals surface area contributed by atoms with Gasteiger partial charge < -0.3 is 19.2 Å². The van der Waals surface area contributed by atoms with Gasteiger partial charge in [-0.2, -0.15) is 0 Å². The minimum absolute atomic E-state index is 0.0273. The topological polar surface area (TPSA) is 105 Å². The summed E-state index contributed by atoms with van der Waals surface area (Å²) in [6, 6.07) is 11.5. The maximum atomic E-state index is 10.7. The minimum atomic E-state index is -0.447. The minimum Gasteiger partial charge on any atom is -0.486 e. The van der Waals surface area contributed by atoms with Gasteiger partial charge in [0.25, 0.3) is 10.5 Å². The molecule has 1 aliphatic rings. The number of nitrogens with zero attached hydrogens (tertiary/aromatic N) is 3. The number of nitro benzene ring substituents is 1. The molecule has 0 saturated carbocycles. The highest BCUT2D eigenvalue weighted by Gasteiger charge is 2.15. The summed E-state index contributed by atoms with van der Waals surface area (Å²) >= 11 is 5.21. The van der Waals surface area contributed by atoms with Crippen molar-refractivity contribution in [2.24, 2.45) is 0 Å². The zero-order chi connectivity index (χ0) is 18.8. The lowest BCUT2D eigenvalue weighted by Gasteiger charge is -2.18. The van der Waals surface area contributed by atoms with Gasteiger partial charge in [0.05, 0.1) is 4.92 Å². The lowest BCUT2D eigenvalue weighted by molar-refractivity contribution is -0.384. The fourth-order valence-corrected chi connectivity index (χ4v) is 2.75. The molecule has 0 radical (unpaired) electrons. The molecule has 1 aliphatic heterocycles. The zero-order valence-electron chi connectivity index (χ0n) is 14.0. The van der Waals surface area contributed by atoms with E-state index >= 15 is 0 Å². The summed E-state index contributed by atoms with van der Waals surface area (Å²) in [6.45, 7) is 1.27. The molecule has 0 bridgehead atoms. The summed E-state index contributed by atoms with van der Waals surface area (Å²) in [6.07, 6.45) is 0. The molecule has 1 aromatic heterocycles. The Morgan fingerprint density at radius 1 is 1.15 bits per heavy atom. The molecule has 3 aromatic rings. The molecule has 0 amide bonds. The van der Waals surface area contributed by atoms with E-state index in [9.17, 15) is 10.1 Å². The number of nitrogens with one attached hydrogen (secondary N) is 1. The second kappa shape index (κ2) is 7.08. The monoisotopic (exact) mass is 386 g/mol. The number of hydrogen-bond acceptors (Lipinski definition) is 8. The fraction of sp³-hybridized carbons (Fsp3) is 0.176. The van der Waals surface area contributed by atoms with Crippen LogP contribution in [0.3, 0.4) is 0 Å². The van der Waals surface area contributed by atoms with Gasteiger partial charge in [0.15, 0.2) is 11.5 Å². The van der Waals surface area contributed by atoms with Gasteiger partial charge in [-0.05, 0) is 42.5 Å². The molecule has 10 heteroatoms. The number of anilines is 1. The van der Waals surface area contributed by atoms with E-state index in [1.54, 1.807) is 24.3 Å². The smallest absolute Gasteiger partial charge is 0.289 e. The highest BCUT2D eigenvalue weighted by atomic mass is 32.1. The van der Waals surface area contributed by atoms with Crippen molar-refractivity contribution in [2.45, 2.75) is 6.67 Å². The van der Waals surface area contributed by atoms with E-state index in [4.69, 9.17) is 26.1 Å². The summed E-state index contributed by atoms with van der Waals surface area (Å²) < 4.78 is 18.1. The maximum absolute atomic E-state index is 10.7. The van der Waals surface area contributed by atoms with Crippen LogP contribution < -0.4 is 14.8 Å². The molecular formula is C17H14N4O5S. The Kier molecular flexibility index (Phi) is 4.47. The molecule has 0 saturated heterocycles. The quantitative estimate of drug-likeness (QED) is 0.403. The molecule has 2 heterocycles. The summed E-state index contributed by atoms with van der Waals surface area (Å²) in [5.74, 6) is 1.68. The molecule has 9 nitrogen and oxygen atoms in total. The molecule has 27 heavy (non-hydrogen) atoms. The van der Waals surface area contributed by atoms with Crippen LogP contribution in [0.5, 0.6) is 11.5 Å². The summed E-state index contributed by atoms with van der Waals surface area (Å²) in [7, 11) is 0. The van der Waals surface area contributed by atoms with Crippen LogP contribution in [-0.4, -0.2) is 27.9 Å². The van der Waals surface area contributed by atoms with Crippen LogP contribution in [0.25, 0.3) is 11.5 Å². The van der Waals surface area contributed by atoms with Crippen molar-refractivity contribution < 1.29 is 18.8 Å². The highest BCUT2D eigenvalue weighted by Crippen LogP contribution is 2.34. The molecule has 0 aliphatic carbocycles. The fourth-order valence-electron chi connectivity index (χ4n) is 2.57. The summed E-state index contributed by atoms with van der Waals surface area (Å²) in [5, 5.41) is 18.1. The largest absolute Gasteiger partial charge is 0.486 e. The van der Waals surface area contributed by atoms with Crippen LogP contribution in [-0.2, 0) is 6.67 Å². The first kappa shape index (κ1) is 17.0. The Morgan fingerprint density at radius 3 is 2.63 bits per heavy atom. The number of fused-ring (bicyclic) bond motifs is 1. The van der Waals surface area contributed by atoms with Gasteiger partial charge in [-0.25, -0.2) is 4.68 Å². The molecule has 138 valence electrons. The van der Waals surface area contributed by atoms with Gasteiger partial charge in [-0.3, -0.25) is 10.1 Å². The van der Waals surface area contributed by atoms with Gasteiger partial charge in [0.2, 0.25) is 5.89 Å². The van der Waals surface area contributed by atoms with Crippen molar-refractivity contribution in [3.05, 3.63) is 57.4 Å². The third kappa shape index (κ3) is 3.60. The van der Waals surface area contributed by atoms with Gasteiger partial charge in [0.1, 0.15) is 19.9 Å².